The maximum Gasteiger partial charge on any atom is 0.0456 e. The van der Waals surface area contributed by atoms with Gasteiger partial charge in [0.25, 0.3) is 0 Å². The van der Waals surface area contributed by atoms with E-state index < -0.39 is 0 Å². The highest BCUT2D eigenvalue weighted by molar-refractivity contribution is 5.80. The van der Waals surface area contributed by atoms with Crippen molar-refractivity contribution in [2.45, 2.75) is 39.3 Å². The average molecular weight is 329 g/mol. The lowest BCUT2D eigenvalue weighted by Crippen LogP contribution is -2.53. The van der Waals surface area contributed by atoms with Crippen LogP contribution in [0.2, 0.25) is 0 Å². The number of benzene rings is 1. The third kappa shape index (κ3) is 4.38. The first-order chi connectivity index (χ1) is 11.7. The maximum atomic E-state index is 9.43. The van der Waals surface area contributed by atoms with E-state index in [0.717, 1.165) is 45.1 Å². The molecule has 1 aliphatic heterocycles. The number of hydrogen-bond acceptors (Lipinski definition) is 3. The summed E-state index contributed by atoms with van der Waals surface area (Å²) in [6.07, 6.45) is 2.12. The standard InChI is InChI=1S/C20H31N3O/c1-16(2)7-9-23-11-10-22(15-19(23)8-12-24)14-18-13-17-5-3-4-6-20(17)21-18/h3-6,13,16,19,21,24H,7-12,14-15H2,1-2H3/t19-/m1/s1. The molecule has 0 bridgehead atoms. The topological polar surface area (TPSA) is 42.5 Å². The zero-order valence-corrected chi connectivity index (χ0v) is 15.0. The van der Waals surface area contributed by atoms with Crippen molar-refractivity contribution in [3.8, 4) is 0 Å². The van der Waals surface area contributed by atoms with Crippen LogP contribution in [-0.4, -0.2) is 58.7 Å². The lowest BCUT2D eigenvalue weighted by Gasteiger charge is -2.41. The average Bonchev–Trinajstić information content (AvgIpc) is 2.96. The van der Waals surface area contributed by atoms with Crippen LogP contribution in [0.15, 0.2) is 30.3 Å². The van der Waals surface area contributed by atoms with Crippen molar-refractivity contribution in [2.24, 2.45) is 5.92 Å². The SMILES string of the molecule is CC(C)CCN1CCN(Cc2cc3ccccc3[nH]2)C[C@H]1CCO. The number of aliphatic hydroxyl groups is 1. The van der Waals surface area contributed by atoms with Crippen LogP contribution in [0.25, 0.3) is 10.9 Å². The molecule has 0 aliphatic carbocycles. The number of nitrogens with one attached hydrogen (secondary N) is 1. The van der Waals surface area contributed by atoms with Gasteiger partial charge in [-0.3, -0.25) is 9.80 Å². The van der Waals surface area contributed by atoms with Gasteiger partial charge in [0.2, 0.25) is 0 Å². The van der Waals surface area contributed by atoms with Crippen molar-refractivity contribution >= 4 is 10.9 Å². The maximum absolute atomic E-state index is 9.43. The van der Waals surface area contributed by atoms with Crippen LogP contribution in [0.5, 0.6) is 0 Å². The molecule has 2 aromatic rings. The van der Waals surface area contributed by atoms with Gasteiger partial charge in [-0.25, -0.2) is 0 Å². The predicted molar refractivity (Wildman–Crippen MR) is 100 cm³/mol. The third-order valence-electron chi connectivity index (χ3n) is 5.12. The molecule has 3 rings (SSSR count). The molecule has 4 heteroatoms. The highest BCUT2D eigenvalue weighted by atomic mass is 16.3. The molecular weight excluding hydrogens is 298 g/mol. The summed E-state index contributed by atoms with van der Waals surface area (Å²) in [4.78, 5) is 8.64. The molecule has 132 valence electrons. The number of rotatable bonds is 7. The smallest absolute Gasteiger partial charge is 0.0456 e. The molecule has 24 heavy (non-hydrogen) atoms. The van der Waals surface area contributed by atoms with Gasteiger partial charge in [0.05, 0.1) is 0 Å². The van der Waals surface area contributed by atoms with Crippen molar-refractivity contribution in [1.29, 1.82) is 0 Å². The summed E-state index contributed by atoms with van der Waals surface area (Å²) in [5, 5.41) is 10.7. The fourth-order valence-electron chi connectivity index (χ4n) is 3.70. The van der Waals surface area contributed by atoms with E-state index in [9.17, 15) is 5.11 Å². The van der Waals surface area contributed by atoms with E-state index in [0.29, 0.717) is 6.04 Å². The molecule has 4 nitrogen and oxygen atoms in total. The Kier molecular flexibility index (Phi) is 5.93. The second kappa shape index (κ2) is 8.15. The van der Waals surface area contributed by atoms with Crippen LogP contribution >= 0.6 is 0 Å². The number of aromatic nitrogens is 1. The molecule has 1 fully saturated rings. The highest BCUT2D eigenvalue weighted by Gasteiger charge is 2.26. The van der Waals surface area contributed by atoms with Gasteiger partial charge in [-0.1, -0.05) is 32.0 Å². The van der Waals surface area contributed by atoms with Gasteiger partial charge in [0, 0.05) is 50.0 Å². The Balaban J connectivity index is 1.61. The normalized spacial score (nSPS) is 20.2. The van der Waals surface area contributed by atoms with Gasteiger partial charge in [0.15, 0.2) is 0 Å². The van der Waals surface area contributed by atoms with Crippen molar-refractivity contribution in [3.63, 3.8) is 0 Å². The van der Waals surface area contributed by atoms with Crippen molar-refractivity contribution in [2.75, 3.05) is 32.8 Å². The summed E-state index contributed by atoms with van der Waals surface area (Å²) in [5.74, 6) is 0.740. The molecule has 0 amide bonds. The molecule has 2 heterocycles. The Morgan fingerprint density at radius 2 is 2.08 bits per heavy atom. The summed E-state index contributed by atoms with van der Waals surface area (Å²) in [5.41, 5.74) is 2.50. The quantitative estimate of drug-likeness (QED) is 0.820. The van der Waals surface area contributed by atoms with Crippen LogP contribution in [0.1, 0.15) is 32.4 Å². The summed E-state index contributed by atoms with van der Waals surface area (Å²) in [6.45, 7) is 10.2. The molecule has 0 spiro atoms. The number of fused-ring (bicyclic) bond motifs is 1. The number of aromatic amines is 1. The first kappa shape index (κ1) is 17.5. The Morgan fingerprint density at radius 3 is 2.83 bits per heavy atom. The minimum atomic E-state index is 0.281. The van der Waals surface area contributed by atoms with Gasteiger partial charge in [-0.05, 0) is 42.8 Å². The highest BCUT2D eigenvalue weighted by Crippen LogP contribution is 2.19. The molecular formula is C20H31N3O. The molecule has 0 unspecified atom stereocenters. The molecule has 2 N–H and O–H groups in total. The Labute approximate surface area is 145 Å². The molecule has 1 saturated heterocycles. The van der Waals surface area contributed by atoms with E-state index in [4.69, 9.17) is 0 Å². The van der Waals surface area contributed by atoms with E-state index in [-0.39, 0.29) is 6.61 Å². The van der Waals surface area contributed by atoms with E-state index in [2.05, 4.69) is 59.0 Å². The van der Waals surface area contributed by atoms with Crippen LogP contribution in [0.4, 0.5) is 0 Å². The second-order valence-electron chi connectivity index (χ2n) is 7.50. The monoisotopic (exact) mass is 329 g/mol. The van der Waals surface area contributed by atoms with Gasteiger partial charge in [-0.15, -0.1) is 0 Å². The van der Waals surface area contributed by atoms with Gasteiger partial charge < -0.3 is 10.1 Å². The van der Waals surface area contributed by atoms with Crippen LogP contribution < -0.4 is 0 Å². The first-order valence-electron chi connectivity index (χ1n) is 9.29. The van der Waals surface area contributed by atoms with Gasteiger partial charge in [-0.2, -0.15) is 0 Å². The number of aliphatic hydroxyl groups excluding tert-OH is 1. The summed E-state index contributed by atoms with van der Waals surface area (Å²) < 4.78 is 0. The van der Waals surface area contributed by atoms with Crippen LogP contribution in [-0.2, 0) is 6.54 Å². The van der Waals surface area contributed by atoms with Crippen molar-refractivity contribution in [1.82, 2.24) is 14.8 Å². The summed E-state index contributed by atoms with van der Waals surface area (Å²) in [6, 6.07) is 11.2. The van der Waals surface area contributed by atoms with Gasteiger partial charge in [0.1, 0.15) is 0 Å². The predicted octanol–water partition coefficient (Wildman–Crippen LogP) is 3.08. The Hall–Kier alpha value is -1.36. The van der Waals surface area contributed by atoms with Crippen LogP contribution in [0, 0.1) is 5.92 Å². The molecule has 1 aliphatic rings. The molecule has 1 atom stereocenters. The number of H-pyrrole nitrogens is 1. The Morgan fingerprint density at radius 1 is 1.25 bits per heavy atom. The third-order valence-corrected chi connectivity index (χ3v) is 5.12. The zero-order chi connectivity index (χ0) is 16.9. The van der Waals surface area contributed by atoms with Crippen molar-refractivity contribution < 1.29 is 5.11 Å². The fourth-order valence-corrected chi connectivity index (χ4v) is 3.70. The van der Waals surface area contributed by atoms with E-state index >= 15 is 0 Å². The number of nitrogens with zero attached hydrogens (tertiary/aromatic N) is 2. The zero-order valence-electron chi connectivity index (χ0n) is 15.0. The largest absolute Gasteiger partial charge is 0.396 e. The molecule has 1 aromatic carbocycles. The van der Waals surface area contributed by atoms with E-state index in [1.165, 1.54) is 23.0 Å². The number of para-hydroxylation sites is 1. The number of piperazine rings is 1. The second-order valence-corrected chi connectivity index (χ2v) is 7.50. The molecule has 0 saturated carbocycles. The minimum Gasteiger partial charge on any atom is -0.396 e. The first-order valence-corrected chi connectivity index (χ1v) is 9.29. The lowest BCUT2D eigenvalue weighted by atomic mass is 10.1. The summed E-state index contributed by atoms with van der Waals surface area (Å²) >= 11 is 0. The van der Waals surface area contributed by atoms with E-state index in [1.807, 2.05) is 0 Å². The Bertz CT molecular complexity index is 604. The van der Waals surface area contributed by atoms with E-state index in [1.54, 1.807) is 0 Å². The molecule has 1 aromatic heterocycles. The van der Waals surface area contributed by atoms with Gasteiger partial charge >= 0.3 is 0 Å². The lowest BCUT2D eigenvalue weighted by molar-refractivity contribution is 0.0519. The number of hydrogen-bond donors (Lipinski definition) is 2. The summed E-state index contributed by atoms with van der Waals surface area (Å²) in [7, 11) is 0. The minimum absolute atomic E-state index is 0.281. The van der Waals surface area contributed by atoms with Crippen molar-refractivity contribution in [3.05, 3.63) is 36.0 Å². The molecule has 0 radical (unpaired) electrons. The fraction of sp³-hybridized carbons (Fsp3) is 0.600. The van der Waals surface area contributed by atoms with Crippen LogP contribution in [0.3, 0.4) is 0 Å².